The third kappa shape index (κ3) is 5.82. The van der Waals surface area contributed by atoms with Crippen LogP contribution in [0.15, 0.2) is 29.2 Å². The predicted octanol–water partition coefficient (Wildman–Crippen LogP) is 2.93. The highest BCUT2D eigenvalue weighted by molar-refractivity contribution is 7.89. The first-order valence-electron chi connectivity index (χ1n) is 7.19. The van der Waals surface area contributed by atoms with Crippen LogP contribution in [0.2, 0.25) is 0 Å². The van der Waals surface area contributed by atoms with Gasteiger partial charge < -0.3 is 9.05 Å². The second-order valence-electron chi connectivity index (χ2n) is 4.96. The summed E-state index contributed by atoms with van der Waals surface area (Å²) in [6.45, 7) is 7.44. The summed E-state index contributed by atoms with van der Waals surface area (Å²) in [6, 6.07) is 5.95. The molecule has 0 aliphatic carbocycles. The summed E-state index contributed by atoms with van der Waals surface area (Å²) < 4.78 is 49.8. The van der Waals surface area contributed by atoms with Gasteiger partial charge in [0.05, 0.1) is 24.3 Å². The van der Waals surface area contributed by atoms with E-state index in [1.54, 1.807) is 32.9 Å². The van der Waals surface area contributed by atoms with Crippen LogP contribution < -0.4 is 4.72 Å². The highest BCUT2D eigenvalue weighted by Crippen LogP contribution is 2.48. The Bertz CT molecular complexity index is 605. The minimum atomic E-state index is -3.66. The van der Waals surface area contributed by atoms with Crippen LogP contribution in [-0.2, 0) is 23.6 Å². The molecule has 1 unspecified atom stereocenters. The molecule has 0 radical (unpaired) electrons. The molecule has 1 atom stereocenters. The van der Waals surface area contributed by atoms with Crippen molar-refractivity contribution in [2.45, 2.75) is 38.6 Å². The van der Waals surface area contributed by atoms with Crippen molar-refractivity contribution in [2.24, 2.45) is 0 Å². The molecule has 0 spiro atoms. The van der Waals surface area contributed by atoms with Crippen LogP contribution in [0, 0.1) is 6.92 Å². The zero-order chi connectivity index (χ0) is 16.8. The summed E-state index contributed by atoms with van der Waals surface area (Å²) in [6.07, 6.45) is -0.0141. The van der Waals surface area contributed by atoms with Gasteiger partial charge in [-0.3, -0.25) is 4.57 Å². The van der Waals surface area contributed by atoms with Crippen LogP contribution >= 0.6 is 7.60 Å². The van der Waals surface area contributed by atoms with E-state index in [0.29, 0.717) is 0 Å². The highest BCUT2D eigenvalue weighted by atomic mass is 32.2. The number of aryl methyl sites for hydroxylation is 1. The molecule has 0 aliphatic heterocycles. The lowest BCUT2D eigenvalue weighted by Gasteiger charge is -2.21. The Labute approximate surface area is 132 Å². The van der Waals surface area contributed by atoms with E-state index < -0.39 is 23.7 Å². The fourth-order valence-electron chi connectivity index (χ4n) is 1.96. The van der Waals surface area contributed by atoms with Crippen molar-refractivity contribution in [1.82, 2.24) is 4.72 Å². The molecule has 22 heavy (non-hydrogen) atoms. The average molecular weight is 349 g/mol. The number of nitrogens with one attached hydrogen (secondary N) is 1. The predicted molar refractivity (Wildman–Crippen MR) is 86.7 cm³/mol. The van der Waals surface area contributed by atoms with Gasteiger partial charge in [0.1, 0.15) is 0 Å². The molecule has 1 N–H and O–H groups in total. The van der Waals surface area contributed by atoms with Crippen LogP contribution in [0.3, 0.4) is 0 Å². The van der Waals surface area contributed by atoms with Crippen molar-refractivity contribution in [3.63, 3.8) is 0 Å². The zero-order valence-corrected chi connectivity index (χ0v) is 15.1. The fourth-order valence-corrected chi connectivity index (χ4v) is 5.16. The summed E-state index contributed by atoms with van der Waals surface area (Å²) >= 11 is 0. The third-order valence-corrected chi connectivity index (χ3v) is 6.74. The summed E-state index contributed by atoms with van der Waals surface area (Å²) in [5.41, 5.74) is 0.976. The van der Waals surface area contributed by atoms with Crippen molar-refractivity contribution < 1.29 is 22.0 Å². The second-order valence-corrected chi connectivity index (χ2v) is 8.78. The number of sulfonamides is 1. The lowest BCUT2D eigenvalue weighted by Crippen LogP contribution is -2.35. The first-order chi connectivity index (χ1) is 10.2. The number of rotatable bonds is 9. The van der Waals surface area contributed by atoms with Crippen molar-refractivity contribution >= 4 is 17.6 Å². The van der Waals surface area contributed by atoms with Crippen LogP contribution in [-0.4, -0.2) is 33.8 Å². The molecule has 0 saturated carbocycles. The monoisotopic (exact) mass is 349 g/mol. The molecule has 0 aromatic heterocycles. The van der Waals surface area contributed by atoms with Crippen molar-refractivity contribution in [3.8, 4) is 0 Å². The summed E-state index contributed by atoms with van der Waals surface area (Å²) in [5, 5.41) is 0. The smallest absolute Gasteiger partial charge is 0.309 e. The molecule has 1 rings (SSSR count). The first-order valence-corrected chi connectivity index (χ1v) is 10.4. The summed E-state index contributed by atoms with van der Waals surface area (Å²) in [4.78, 5) is 0.174. The Kier molecular flexibility index (Phi) is 7.22. The molecule has 1 aromatic carbocycles. The van der Waals surface area contributed by atoms with E-state index in [0.717, 1.165) is 5.56 Å². The molecular formula is C14H24NO5PS. The normalized spacial score (nSPS) is 14.0. The van der Waals surface area contributed by atoms with E-state index in [1.165, 1.54) is 12.1 Å². The summed E-state index contributed by atoms with van der Waals surface area (Å²) in [7, 11) is -6.95. The van der Waals surface area contributed by atoms with E-state index in [2.05, 4.69) is 4.72 Å². The molecule has 1 aromatic rings. The molecule has 8 heteroatoms. The number of hydrogen-bond donors (Lipinski definition) is 1. The van der Waals surface area contributed by atoms with Crippen LogP contribution in [0.1, 0.15) is 26.3 Å². The van der Waals surface area contributed by atoms with Crippen molar-refractivity contribution in [2.75, 3.05) is 19.4 Å². The van der Waals surface area contributed by atoms with E-state index in [9.17, 15) is 13.0 Å². The van der Waals surface area contributed by atoms with Gasteiger partial charge in [-0.15, -0.1) is 0 Å². The maximum atomic E-state index is 12.4. The summed E-state index contributed by atoms with van der Waals surface area (Å²) in [5.74, 6) is 0. The standard InChI is InChI=1S/C14H24NO5PS/c1-5-19-21(16,20-6-2)11-13(4)15-22(17,18)14-9-7-12(3)8-10-14/h7-10,13,15H,5-6,11H2,1-4H3. The van der Waals surface area contributed by atoms with Crippen LogP contribution in [0.4, 0.5) is 0 Å². The molecule has 0 amide bonds. The van der Waals surface area contributed by atoms with E-state index in [4.69, 9.17) is 9.05 Å². The maximum absolute atomic E-state index is 12.4. The van der Waals surface area contributed by atoms with Crippen molar-refractivity contribution in [1.29, 1.82) is 0 Å². The Balaban J connectivity index is 2.80. The molecule has 0 bridgehead atoms. The van der Waals surface area contributed by atoms with Gasteiger partial charge >= 0.3 is 7.60 Å². The molecule has 0 fully saturated rings. The van der Waals surface area contributed by atoms with Crippen molar-refractivity contribution in [3.05, 3.63) is 29.8 Å². The minimum Gasteiger partial charge on any atom is -0.309 e. The molecule has 126 valence electrons. The Morgan fingerprint density at radius 1 is 1.14 bits per heavy atom. The SMILES string of the molecule is CCOP(=O)(CC(C)NS(=O)(=O)c1ccc(C)cc1)OCC. The third-order valence-electron chi connectivity index (χ3n) is 2.84. The first kappa shape index (κ1) is 19.3. The Hall–Kier alpha value is -0.720. The van der Waals surface area contributed by atoms with E-state index in [1.807, 2.05) is 6.92 Å². The lowest BCUT2D eigenvalue weighted by molar-refractivity contribution is 0.218. The topological polar surface area (TPSA) is 81.7 Å². The van der Waals surface area contributed by atoms with Crippen LogP contribution in [0.25, 0.3) is 0 Å². The quantitative estimate of drug-likeness (QED) is 0.693. The average Bonchev–Trinajstić information content (AvgIpc) is 2.38. The Morgan fingerprint density at radius 2 is 1.64 bits per heavy atom. The maximum Gasteiger partial charge on any atom is 0.332 e. The zero-order valence-electron chi connectivity index (χ0n) is 13.4. The van der Waals surface area contributed by atoms with Crippen LogP contribution in [0.5, 0.6) is 0 Å². The van der Waals surface area contributed by atoms with Gasteiger partial charge in [0.2, 0.25) is 10.0 Å². The van der Waals surface area contributed by atoms with Gasteiger partial charge in [0, 0.05) is 6.04 Å². The van der Waals surface area contributed by atoms with Gasteiger partial charge in [0.15, 0.2) is 0 Å². The number of hydrogen-bond acceptors (Lipinski definition) is 5. The fraction of sp³-hybridized carbons (Fsp3) is 0.571. The highest BCUT2D eigenvalue weighted by Gasteiger charge is 2.29. The van der Waals surface area contributed by atoms with Gasteiger partial charge in [-0.25, -0.2) is 13.1 Å². The largest absolute Gasteiger partial charge is 0.332 e. The van der Waals surface area contributed by atoms with Gasteiger partial charge in [0.25, 0.3) is 0 Å². The lowest BCUT2D eigenvalue weighted by atomic mass is 10.2. The Morgan fingerprint density at radius 3 is 2.09 bits per heavy atom. The number of benzene rings is 1. The molecule has 0 saturated heterocycles. The molecule has 0 aliphatic rings. The van der Waals surface area contributed by atoms with Gasteiger partial charge in [-0.05, 0) is 39.8 Å². The molecule has 6 nitrogen and oxygen atoms in total. The molecule has 0 heterocycles. The second kappa shape index (κ2) is 8.22. The molecular weight excluding hydrogens is 325 g/mol. The van der Waals surface area contributed by atoms with Gasteiger partial charge in [-0.1, -0.05) is 17.7 Å². The van der Waals surface area contributed by atoms with E-state index >= 15 is 0 Å². The van der Waals surface area contributed by atoms with Gasteiger partial charge in [-0.2, -0.15) is 0 Å². The minimum absolute atomic E-state index is 0.0141. The van der Waals surface area contributed by atoms with E-state index in [-0.39, 0.29) is 24.3 Å².